The van der Waals surface area contributed by atoms with Gasteiger partial charge in [-0.25, -0.2) is 4.57 Å². The van der Waals surface area contributed by atoms with Crippen molar-refractivity contribution in [2.24, 2.45) is 11.5 Å². The summed E-state index contributed by atoms with van der Waals surface area (Å²) in [6, 6.07) is 0. The predicted octanol–water partition coefficient (Wildman–Crippen LogP) is 1.09. The van der Waals surface area contributed by atoms with Crippen LogP contribution in [0.4, 0.5) is 0 Å². The van der Waals surface area contributed by atoms with Crippen LogP contribution in [0.2, 0.25) is 0 Å². The Kier molecular flexibility index (Phi) is 17.4. The monoisotopic (exact) mass is 316 g/mol. The molecular formula is C12H33N2O5P. The van der Waals surface area contributed by atoms with Crippen molar-refractivity contribution in [3.8, 4) is 0 Å². The topological polar surface area (TPSA) is 150 Å². The Bertz CT molecular complexity index is 228. The Hall–Kier alpha value is -0.0100. The van der Waals surface area contributed by atoms with Crippen LogP contribution in [-0.4, -0.2) is 38.0 Å². The van der Waals surface area contributed by atoms with Gasteiger partial charge >= 0.3 is 7.82 Å². The maximum Gasteiger partial charge on any atom is 0.466 e. The third kappa shape index (κ3) is 36.1. The fourth-order valence-electron chi connectivity index (χ4n) is 1.04. The van der Waals surface area contributed by atoms with Gasteiger partial charge in [-0.15, -0.1) is 0 Å². The van der Waals surface area contributed by atoms with E-state index in [-0.39, 0.29) is 6.10 Å². The Morgan fingerprint density at radius 2 is 1.50 bits per heavy atom. The van der Waals surface area contributed by atoms with E-state index >= 15 is 0 Å². The lowest BCUT2D eigenvalue weighted by Crippen LogP contribution is -2.44. The summed E-state index contributed by atoms with van der Waals surface area (Å²) < 4.78 is 8.88. The van der Waals surface area contributed by atoms with E-state index in [1.54, 1.807) is 0 Å². The van der Waals surface area contributed by atoms with Crippen LogP contribution in [-0.2, 0) is 4.57 Å². The molecule has 0 saturated carbocycles. The van der Waals surface area contributed by atoms with Gasteiger partial charge in [0, 0.05) is 5.54 Å². The molecule has 0 aliphatic carbocycles. The van der Waals surface area contributed by atoms with Gasteiger partial charge in [-0.05, 0) is 33.2 Å². The molecule has 1 atom stereocenters. The Morgan fingerprint density at radius 1 is 1.10 bits per heavy atom. The highest BCUT2D eigenvalue weighted by atomic mass is 31.2. The first kappa shape index (κ1) is 25.0. The molecule has 0 amide bonds. The van der Waals surface area contributed by atoms with Crippen molar-refractivity contribution in [1.29, 1.82) is 0 Å². The van der Waals surface area contributed by atoms with Gasteiger partial charge in [0.1, 0.15) is 0 Å². The van der Waals surface area contributed by atoms with E-state index in [9.17, 15) is 5.11 Å². The molecule has 0 radical (unpaired) electrons. The zero-order chi connectivity index (χ0) is 16.8. The van der Waals surface area contributed by atoms with Crippen molar-refractivity contribution in [3.63, 3.8) is 0 Å². The van der Waals surface area contributed by atoms with Crippen LogP contribution in [0.1, 0.15) is 59.8 Å². The van der Waals surface area contributed by atoms with Crippen LogP contribution in [0.3, 0.4) is 0 Å². The fourth-order valence-corrected chi connectivity index (χ4v) is 1.04. The van der Waals surface area contributed by atoms with Crippen molar-refractivity contribution in [2.75, 3.05) is 6.54 Å². The molecule has 8 heteroatoms. The molecule has 0 aliphatic heterocycles. The number of nitrogens with two attached hydrogens (primary N) is 2. The first-order valence-corrected chi connectivity index (χ1v) is 8.41. The summed E-state index contributed by atoms with van der Waals surface area (Å²) in [4.78, 5) is 21.6. The van der Waals surface area contributed by atoms with Crippen LogP contribution in [0.5, 0.6) is 0 Å². The van der Waals surface area contributed by atoms with Crippen LogP contribution in [0, 0.1) is 0 Å². The van der Waals surface area contributed by atoms with Crippen LogP contribution >= 0.6 is 7.82 Å². The average Bonchev–Trinajstić information content (AvgIpc) is 2.24. The van der Waals surface area contributed by atoms with E-state index in [1.165, 1.54) is 19.3 Å². The highest BCUT2D eigenvalue weighted by Crippen LogP contribution is 2.25. The molecule has 0 fully saturated rings. The summed E-state index contributed by atoms with van der Waals surface area (Å²) in [5.41, 5.74) is 10.4. The minimum Gasteiger partial charge on any atom is -0.391 e. The van der Waals surface area contributed by atoms with Gasteiger partial charge in [-0.3, -0.25) is 0 Å². The number of rotatable bonds is 6. The zero-order valence-corrected chi connectivity index (χ0v) is 14.0. The van der Waals surface area contributed by atoms with E-state index in [0.29, 0.717) is 0 Å². The number of aliphatic hydroxyl groups excluding tert-OH is 1. The lowest BCUT2D eigenvalue weighted by Gasteiger charge is -2.25. The quantitative estimate of drug-likeness (QED) is 0.317. The van der Waals surface area contributed by atoms with Gasteiger partial charge in [0.2, 0.25) is 0 Å². The van der Waals surface area contributed by atoms with Crippen molar-refractivity contribution < 1.29 is 24.4 Å². The predicted molar refractivity (Wildman–Crippen MR) is 82.0 cm³/mol. The van der Waals surface area contributed by atoms with Crippen LogP contribution in [0.25, 0.3) is 0 Å². The Labute approximate surface area is 122 Å². The summed E-state index contributed by atoms with van der Waals surface area (Å²) in [5, 5.41) is 9.26. The second-order valence-electron chi connectivity index (χ2n) is 5.13. The number of unbranched alkanes of at least 4 members (excludes halogenated alkanes) is 2. The molecule has 0 aliphatic rings. The molecule has 7 nitrogen and oxygen atoms in total. The summed E-state index contributed by atoms with van der Waals surface area (Å²) in [5.74, 6) is 0. The molecule has 8 N–H and O–H groups in total. The van der Waals surface area contributed by atoms with E-state index in [1.807, 2.05) is 20.8 Å². The van der Waals surface area contributed by atoms with Gasteiger partial charge in [-0.1, -0.05) is 33.1 Å². The summed E-state index contributed by atoms with van der Waals surface area (Å²) in [6.45, 7) is 8.75. The molecule has 0 aromatic carbocycles. The minimum atomic E-state index is -4.64. The standard InChI is InChI=1S/C7H17NO.C5H13N.H3O4P/c1-4-5-6(9)7(2,3)8;1-2-3-4-5-6;1-5(2,3)4/h6,9H,4-5,8H2,1-3H3;2-6H2,1H3;(H3,1,2,3,4). The van der Waals surface area contributed by atoms with Crippen LogP contribution in [0.15, 0.2) is 0 Å². The maximum atomic E-state index is 9.26. The van der Waals surface area contributed by atoms with Gasteiger partial charge in [0.05, 0.1) is 6.10 Å². The van der Waals surface area contributed by atoms with Gasteiger partial charge in [0.15, 0.2) is 0 Å². The van der Waals surface area contributed by atoms with Gasteiger partial charge in [0.25, 0.3) is 0 Å². The van der Waals surface area contributed by atoms with E-state index in [2.05, 4.69) is 6.92 Å². The van der Waals surface area contributed by atoms with Crippen molar-refractivity contribution >= 4 is 7.82 Å². The molecule has 0 aromatic heterocycles. The lowest BCUT2D eigenvalue weighted by molar-refractivity contribution is 0.0946. The van der Waals surface area contributed by atoms with Crippen molar-refractivity contribution in [2.45, 2.75) is 71.4 Å². The van der Waals surface area contributed by atoms with Gasteiger partial charge in [-0.2, -0.15) is 0 Å². The lowest BCUT2D eigenvalue weighted by atomic mass is 9.95. The minimum absolute atomic E-state index is 0.359. The normalized spacial score (nSPS) is 12.7. The Balaban J connectivity index is -0.000000230. The fraction of sp³-hybridized carbons (Fsp3) is 1.00. The summed E-state index contributed by atoms with van der Waals surface area (Å²) in [6.07, 6.45) is 5.18. The zero-order valence-electron chi connectivity index (χ0n) is 13.1. The van der Waals surface area contributed by atoms with E-state index < -0.39 is 13.4 Å². The first-order chi connectivity index (χ1) is 8.90. The van der Waals surface area contributed by atoms with Crippen LogP contribution < -0.4 is 11.5 Å². The highest BCUT2D eigenvalue weighted by molar-refractivity contribution is 7.45. The molecule has 0 heterocycles. The number of aliphatic hydroxyl groups is 1. The molecule has 1 unspecified atom stereocenters. The van der Waals surface area contributed by atoms with E-state index in [0.717, 1.165) is 19.4 Å². The molecule has 0 spiro atoms. The van der Waals surface area contributed by atoms with Gasteiger partial charge < -0.3 is 31.3 Å². The second-order valence-corrected chi connectivity index (χ2v) is 6.16. The Morgan fingerprint density at radius 3 is 1.60 bits per heavy atom. The maximum absolute atomic E-state index is 9.26. The second kappa shape index (κ2) is 13.9. The number of hydrogen-bond donors (Lipinski definition) is 6. The highest BCUT2D eigenvalue weighted by Gasteiger charge is 2.20. The molecule has 20 heavy (non-hydrogen) atoms. The molecule has 0 aromatic rings. The molecular weight excluding hydrogens is 283 g/mol. The SMILES string of the molecule is CCCC(O)C(C)(C)N.CCCCCN.O=P(O)(O)O. The third-order valence-corrected chi connectivity index (χ3v) is 2.23. The molecule has 0 saturated heterocycles. The molecule has 0 rings (SSSR count). The summed E-state index contributed by atoms with van der Waals surface area (Å²) in [7, 11) is -4.64. The molecule has 0 bridgehead atoms. The third-order valence-electron chi connectivity index (χ3n) is 2.23. The average molecular weight is 316 g/mol. The van der Waals surface area contributed by atoms with Crippen molar-refractivity contribution in [3.05, 3.63) is 0 Å². The van der Waals surface area contributed by atoms with Crippen molar-refractivity contribution in [1.82, 2.24) is 0 Å². The number of phosphoric acid groups is 1. The smallest absolute Gasteiger partial charge is 0.391 e. The molecule has 126 valence electrons. The van der Waals surface area contributed by atoms with E-state index in [4.69, 9.17) is 30.7 Å². The largest absolute Gasteiger partial charge is 0.466 e. The first-order valence-electron chi connectivity index (χ1n) is 6.85. The number of hydrogen-bond acceptors (Lipinski definition) is 4. The summed E-state index contributed by atoms with van der Waals surface area (Å²) >= 11 is 0.